The van der Waals surface area contributed by atoms with E-state index in [4.69, 9.17) is 14.6 Å². The van der Waals surface area contributed by atoms with Gasteiger partial charge < -0.3 is 19.9 Å². The van der Waals surface area contributed by atoms with Crippen LogP contribution >= 0.6 is 0 Å². The number of hydrogen-bond acceptors (Lipinski definition) is 6. The molecular formula is C19H28N2O6. The average Bonchev–Trinajstić information content (AvgIpc) is 2.65. The molecule has 8 heteroatoms. The first-order valence-electron chi connectivity index (χ1n) is 9.04. The second-order valence-electron chi connectivity index (χ2n) is 6.02. The summed E-state index contributed by atoms with van der Waals surface area (Å²) >= 11 is 0. The zero-order chi connectivity index (χ0) is 20.1. The van der Waals surface area contributed by atoms with E-state index in [1.807, 2.05) is 30.3 Å². The van der Waals surface area contributed by atoms with Crippen molar-refractivity contribution < 1.29 is 29.0 Å². The molecule has 0 spiro atoms. The molecule has 0 heterocycles. The van der Waals surface area contributed by atoms with Crippen molar-refractivity contribution in [3.05, 3.63) is 35.9 Å². The Kier molecular flexibility index (Phi) is 10.5. The highest BCUT2D eigenvalue weighted by Crippen LogP contribution is 2.05. The van der Waals surface area contributed by atoms with Gasteiger partial charge in [-0.05, 0) is 38.7 Å². The summed E-state index contributed by atoms with van der Waals surface area (Å²) in [6.45, 7) is 4.00. The maximum Gasteiger partial charge on any atom is 0.407 e. The van der Waals surface area contributed by atoms with Crippen LogP contribution < -0.4 is 10.6 Å². The predicted octanol–water partition coefficient (Wildman–Crippen LogP) is 2.08. The Balaban J connectivity index is 2.26. The number of ether oxygens (including phenoxy) is 2. The van der Waals surface area contributed by atoms with Gasteiger partial charge in [0.1, 0.15) is 18.7 Å². The van der Waals surface area contributed by atoms with Crippen LogP contribution in [0.4, 0.5) is 4.79 Å². The molecule has 0 saturated carbocycles. The normalized spacial score (nSPS) is 12.7. The van der Waals surface area contributed by atoms with Crippen molar-refractivity contribution >= 4 is 18.0 Å². The summed E-state index contributed by atoms with van der Waals surface area (Å²) in [7, 11) is 0. The molecule has 1 aromatic carbocycles. The van der Waals surface area contributed by atoms with E-state index in [0.29, 0.717) is 25.8 Å². The number of amides is 1. The van der Waals surface area contributed by atoms with Crippen molar-refractivity contribution in [2.45, 2.75) is 51.8 Å². The monoisotopic (exact) mass is 380 g/mol. The molecule has 1 amide bonds. The van der Waals surface area contributed by atoms with E-state index in [2.05, 4.69) is 10.6 Å². The summed E-state index contributed by atoms with van der Waals surface area (Å²) in [5.41, 5.74) is 0.906. The van der Waals surface area contributed by atoms with Crippen molar-refractivity contribution in [2.75, 3.05) is 13.2 Å². The second-order valence-corrected chi connectivity index (χ2v) is 6.02. The van der Waals surface area contributed by atoms with Crippen molar-refractivity contribution in [3.8, 4) is 0 Å². The smallest absolute Gasteiger partial charge is 0.407 e. The Morgan fingerprint density at radius 1 is 1.11 bits per heavy atom. The van der Waals surface area contributed by atoms with E-state index in [1.54, 1.807) is 6.92 Å². The fraction of sp³-hybridized carbons (Fsp3) is 0.526. The summed E-state index contributed by atoms with van der Waals surface area (Å²) in [5.74, 6) is -1.51. The number of esters is 1. The zero-order valence-corrected chi connectivity index (χ0v) is 15.8. The molecule has 3 N–H and O–H groups in total. The fourth-order valence-electron chi connectivity index (χ4n) is 2.32. The Bertz CT molecular complexity index is 593. The molecule has 150 valence electrons. The van der Waals surface area contributed by atoms with Crippen molar-refractivity contribution in [3.63, 3.8) is 0 Å². The Morgan fingerprint density at radius 3 is 2.44 bits per heavy atom. The number of hydrogen-bond donors (Lipinski definition) is 3. The molecule has 8 nitrogen and oxygen atoms in total. The van der Waals surface area contributed by atoms with Crippen LogP contribution in [0.15, 0.2) is 30.3 Å². The highest BCUT2D eigenvalue weighted by Gasteiger charge is 2.23. The summed E-state index contributed by atoms with van der Waals surface area (Å²) in [6.07, 6.45) is 1.15. The molecule has 0 radical (unpaired) electrons. The van der Waals surface area contributed by atoms with Gasteiger partial charge in [-0.1, -0.05) is 30.3 Å². The van der Waals surface area contributed by atoms with Crippen molar-refractivity contribution in [1.29, 1.82) is 0 Å². The van der Waals surface area contributed by atoms with Gasteiger partial charge in [0.05, 0.1) is 6.61 Å². The third-order valence-electron chi connectivity index (χ3n) is 3.79. The molecule has 0 unspecified atom stereocenters. The summed E-state index contributed by atoms with van der Waals surface area (Å²) in [6, 6.07) is 7.82. The van der Waals surface area contributed by atoms with Gasteiger partial charge in [0, 0.05) is 6.54 Å². The number of carbonyl (C=O) groups is 3. The van der Waals surface area contributed by atoms with Gasteiger partial charge in [-0.25, -0.2) is 4.79 Å². The molecule has 0 bridgehead atoms. The average molecular weight is 380 g/mol. The molecule has 1 aromatic rings. The molecule has 1 rings (SSSR count). The molecule has 27 heavy (non-hydrogen) atoms. The first-order valence-corrected chi connectivity index (χ1v) is 9.04. The van der Waals surface area contributed by atoms with Gasteiger partial charge >= 0.3 is 18.0 Å². The van der Waals surface area contributed by atoms with E-state index in [0.717, 1.165) is 5.56 Å². The van der Waals surface area contributed by atoms with Gasteiger partial charge in [0.15, 0.2) is 0 Å². The Labute approximate surface area is 159 Å². The van der Waals surface area contributed by atoms with E-state index < -0.39 is 30.1 Å². The number of carboxylic acid groups (broad SMARTS) is 1. The number of carbonyl (C=O) groups excluding carboxylic acids is 2. The summed E-state index contributed by atoms with van der Waals surface area (Å²) < 4.78 is 10.1. The number of carboxylic acids is 1. The maximum atomic E-state index is 11.9. The largest absolute Gasteiger partial charge is 0.480 e. The van der Waals surface area contributed by atoms with Crippen molar-refractivity contribution in [2.24, 2.45) is 0 Å². The standard InChI is InChI=1S/C19H28N2O6/c1-3-26-18(24)16(21-14(2)17(22)23)11-7-8-12-20-19(25)27-13-15-9-5-4-6-10-15/h4-6,9-10,14,16,21H,3,7-8,11-13H2,1-2H3,(H,20,25)(H,22,23)/t14-,16-/m0/s1. The minimum atomic E-state index is -1.04. The first kappa shape index (κ1) is 22.4. The van der Waals surface area contributed by atoms with Crippen LogP contribution in [0.1, 0.15) is 38.7 Å². The van der Waals surface area contributed by atoms with E-state index in [-0.39, 0.29) is 13.2 Å². The molecule has 0 aliphatic rings. The van der Waals surface area contributed by atoms with Gasteiger partial charge in [-0.3, -0.25) is 14.9 Å². The SMILES string of the molecule is CCOC(=O)[C@H](CCCCNC(=O)OCc1ccccc1)N[C@@H](C)C(=O)O. The van der Waals surface area contributed by atoms with Crippen molar-refractivity contribution in [1.82, 2.24) is 10.6 Å². The molecule has 0 aliphatic carbocycles. The Hall–Kier alpha value is -2.61. The van der Waals surface area contributed by atoms with Gasteiger partial charge in [-0.15, -0.1) is 0 Å². The number of aliphatic carboxylic acids is 1. The maximum absolute atomic E-state index is 11.9. The summed E-state index contributed by atoms with van der Waals surface area (Å²) in [4.78, 5) is 34.5. The van der Waals surface area contributed by atoms with E-state index >= 15 is 0 Å². The Morgan fingerprint density at radius 2 is 1.81 bits per heavy atom. The number of alkyl carbamates (subject to hydrolysis) is 1. The fourth-order valence-corrected chi connectivity index (χ4v) is 2.32. The predicted molar refractivity (Wildman–Crippen MR) is 99.1 cm³/mol. The lowest BCUT2D eigenvalue weighted by Crippen LogP contribution is -2.46. The second kappa shape index (κ2) is 12.7. The summed E-state index contributed by atoms with van der Waals surface area (Å²) in [5, 5.41) is 14.4. The molecule has 0 aliphatic heterocycles. The number of benzene rings is 1. The third kappa shape index (κ3) is 9.60. The van der Waals surface area contributed by atoms with Crippen LogP contribution in [-0.2, 0) is 25.7 Å². The number of unbranched alkanes of at least 4 members (excludes halogenated alkanes) is 1. The first-order chi connectivity index (χ1) is 12.9. The minimum Gasteiger partial charge on any atom is -0.480 e. The quantitative estimate of drug-likeness (QED) is 0.376. The zero-order valence-electron chi connectivity index (χ0n) is 15.8. The van der Waals surface area contributed by atoms with Crippen LogP contribution in [0, 0.1) is 0 Å². The molecular weight excluding hydrogens is 352 g/mol. The van der Waals surface area contributed by atoms with Gasteiger partial charge in [-0.2, -0.15) is 0 Å². The van der Waals surface area contributed by atoms with Crippen LogP contribution in [-0.4, -0.2) is 48.4 Å². The van der Waals surface area contributed by atoms with Gasteiger partial charge in [0.2, 0.25) is 0 Å². The number of rotatable bonds is 12. The van der Waals surface area contributed by atoms with Crippen LogP contribution in [0.5, 0.6) is 0 Å². The lowest BCUT2D eigenvalue weighted by Gasteiger charge is -2.19. The molecule has 0 aromatic heterocycles. The highest BCUT2D eigenvalue weighted by molar-refractivity contribution is 5.78. The van der Waals surface area contributed by atoms with Gasteiger partial charge in [0.25, 0.3) is 0 Å². The molecule has 2 atom stereocenters. The van der Waals surface area contributed by atoms with Crippen LogP contribution in [0.25, 0.3) is 0 Å². The number of nitrogens with one attached hydrogen (secondary N) is 2. The van der Waals surface area contributed by atoms with E-state index in [9.17, 15) is 14.4 Å². The van der Waals surface area contributed by atoms with Crippen LogP contribution in [0.2, 0.25) is 0 Å². The highest BCUT2D eigenvalue weighted by atomic mass is 16.5. The third-order valence-corrected chi connectivity index (χ3v) is 3.79. The molecule has 0 fully saturated rings. The topological polar surface area (TPSA) is 114 Å². The van der Waals surface area contributed by atoms with Crippen LogP contribution in [0.3, 0.4) is 0 Å². The van der Waals surface area contributed by atoms with E-state index in [1.165, 1.54) is 6.92 Å². The minimum absolute atomic E-state index is 0.203. The lowest BCUT2D eigenvalue weighted by atomic mass is 10.1. The molecule has 0 saturated heterocycles. The lowest BCUT2D eigenvalue weighted by molar-refractivity contribution is -0.147.